The number of fused-ring (bicyclic) bond motifs is 1. The molecule has 4 heteroatoms. The number of amides is 1. The number of aromatic nitrogens is 2. The minimum Gasteiger partial charge on any atom is -0.333 e. The zero-order valence-corrected chi connectivity index (χ0v) is 14.6. The molecule has 2 heterocycles. The Morgan fingerprint density at radius 1 is 1.12 bits per heavy atom. The number of likely N-dealkylation sites (tertiary alicyclic amines) is 1. The first-order chi connectivity index (χ1) is 12.2. The summed E-state index contributed by atoms with van der Waals surface area (Å²) in [6.07, 6.45) is 3.00. The first-order valence-corrected chi connectivity index (χ1v) is 9.00. The van der Waals surface area contributed by atoms with Crippen LogP contribution in [0.1, 0.15) is 37.2 Å². The van der Waals surface area contributed by atoms with E-state index in [1.54, 1.807) is 6.92 Å². The van der Waals surface area contributed by atoms with Crippen LogP contribution in [-0.2, 0) is 17.8 Å². The molecule has 4 rings (SSSR count). The van der Waals surface area contributed by atoms with Gasteiger partial charge in [-0.3, -0.25) is 4.79 Å². The Bertz CT molecular complexity index is 885. The van der Waals surface area contributed by atoms with Gasteiger partial charge < -0.3 is 9.47 Å². The first kappa shape index (κ1) is 15.9. The van der Waals surface area contributed by atoms with Gasteiger partial charge in [-0.1, -0.05) is 42.5 Å². The van der Waals surface area contributed by atoms with E-state index in [1.807, 2.05) is 17.0 Å². The fourth-order valence-corrected chi connectivity index (χ4v) is 3.88. The van der Waals surface area contributed by atoms with E-state index in [1.165, 1.54) is 5.56 Å². The summed E-state index contributed by atoms with van der Waals surface area (Å²) in [5.74, 6) is 1.17. The van der Waals surface area contributed by atoms with E-state index >= 15 is 0 Å². The second kappa shape index (κ2) is 6.71. The summed E-state index contributed by atoms with van der Waals surface area (Å²) in [4.78, 5) is 18.9. The Kier molecular flexibility index (Phi) is 4.26. The highest BCUT2D eigenvalue weighted by Crippen LogP contribution is 2.33. The molecule has 0 saturated carbocycles. The molecule has 1 atom stereocenters. The summed E-state index contributed by atoms with van der Waals surface area (Å²) in [6, 6.07) is 18.9. The van der Waals surface area contributed by atoms with E-state index in [0.717, 1.165) is 49.2 Å². The van der Waals surface area contributed by atoms with Gasteiger partial charge in [0.15, 0.2) is 0 Å². The van der Waals surface area contributed by atoms with Crippen LogP contribution in [0.3, 0.4) is 0 Å². The van der Waals surface area contributed by atoms with Crippen LogP contribution in [0.5, 0.6) is 0 Å². The smallest absolute Gasteiger partial charge is 0.220 e. The highest BCUT2D eigenvalue weighted by atomic mass is 16.2. The van der Waals surface area contributed by atoms with Crippen molar-refractivity contribution in [3.05, 3.63) is 66.0 Å². The van der Waals surface area contributed by atoms with E-state index < -0.39 is 0 Å². The number of nitrogens with zero attached hydrogens (tertiary/aromatic N) is 3. The van der Waals surface area contributed by atoms with Crippen LogP contribution >= 0.6 is 0 Å². The van der Waals surface area contributed by atoms with Gasteiger partial charge >= 0.3 is 0 Å². The van der Waals surface area contributed by atoms with Crippen molar-refractivity contribution in [2.45, 2.75) is 38.8 Å². The molecule has 4 nitrogen and oxygen atoms in total. The van der Waals surface area contributed by atoms with Gasteiger partial charge in [-0.15, -0.1) is 0 Å². The van der Waals surface area contributed by atoms with Crippen LogP contribution in [0.4, 0.5) is 0 Å². The molecule has 1 aromatic heterocycles. The predicted molar refractivity (Wildman–Crippen MR) is 99.2 cm³/mol. The zero-order chi connectivity index (χ0) is 17.2. The normalized spacial score (nSPS) is 17.3. The van der Waals surface area contributed by atoms with Gasteiger partial charge in [-0.25, -0.2) is 4.98 Å². The van der Waals surface area contributed by atoms with Crippen molar-refractivity contribution in [2.24, 2.45) is 0 Å². The lowest BCUT2D eigenvalue weighted by atomic mass is 10.1. The van der Waals surface area contributed by atoms with Gasteiger partial charge in [0.1, 0.15) is 5.82 Å². The maximum atomic E-state index is 12.0. The summed E-state index contributed by atoms with van der Waals surface area (Å²) < 4.78 is 2.31. The number of imidazole rings is 1. The molecule has 0 radical (unpaired) electrons. The van der Waals surface area contributed by atoms with E-state index in [9.17, 15) is 4.79 Å². The Morgan fingerprint density at radius 3 is 2.68 bits per heavy atom. The maximum Gasteiger partial charge on any atom is 0.220 e. The molecular formula is C21H23N3O. The number of aryl methyl sites for hydroxylation is 2. The van der Waals surface area contributed by atoms with Crippen LogP contribution in [0.2, 0.25) is 0 Å². The largest absolute Gasteiger partial charge is 0.333 e. The number of carbonyl (C=O) groups is 1. The van der Waals surface area contributed by atoms with Crippen molar-refractivity contribution in [3.63, 3.8) is 0 Å². The van der Waals surface area contributed by atoms with Crippen LogP contribution < -0.4 is 0 Å². The highest BCUT2D eigenvalue weighted by molar-refractivity contribution is 5.77. The van der Waals surface area contributed by atoms with Crippen LogP contribution in [0.25, 0.3) is 11.0 Å². The van der Waals surface area contributed by atoms with E-state index in [2.05, 4.69) is 47.0 Å². The Hall–Kier alpha value is -2.62. The lowest BCUT2D eigenvalue weighted by molar-refractivity contribution is -0.129. The lowest BCUT2D eigenvalue weighted by Gasteiger charge is -2.24. The third kappa shape index (κ3) is 3.04. The van der Waals surface area contributed by atoms with Crippen molar-refractivity contribution >= 4 is 16.9 Å². The van der Waals surface area contributed by atoms with Crippen LogP contribution in [-0.4, -0.2) is 26.9 Å². The quantitative estimate of drug-likeness (QED) is 0.725. The van der Waals surface area contributed by atoms with Gasteiger partial charge in [0.05, 0.1) is 17.1 Å². The molecule has 3 aromatic rings. The standard InChI is InChI=1S/C21H23N3O/c1-16(25)23-14-7-12-20(23)21-22-18-10-5-6-11-19(18)24(21)15-13-17-8-3-2-4-9-17/h2-6,8-11,20H,7,12-15H2,1H3. The minimum absolute atomic E-state index is 0.0978. The number of para-hydroxylation sites is 2. The number of carbonyl (C=O) groups excluding carboxylic acids is 1. The van der Waals surface area contributed by atoms with E-state index in [4.69, 9.17) is 4.98 Å². The molecule has 1 aliphatic rings. The fraction of sp³-hybridized carbons (Fsp3) is 0.333. The summed E-state index contributed by atoms with van der Waals surface area (Å²) in [7, 11) is 0. The summed E-state index contributed by atoms with van der Waals surface area (Å²) >= 11 is 0. The van der Waals surface area contributed by atoms with Gasteiger partial charge in [-0.05, 0) is 37.0 Å². The molecule has 0 spiro atoms. The van der Waals surface area contributed by atoms with Gasteiger partial charge in [0, 0.05) is 20.0 Å². The summed E-state index contributed by atoms with van der Waals surface area (Å²) in [5.41, 5.74) is 3.49. The molecule has 2 aromatic carbocycles. The molecule has 1 fully saturated rings. The average Bonchev–Trinajstić information content (AvgIpc) is 3.25. The summed E-state index contributed by atoms with van der Waals surface area (Å²) in [6.45, 7) is 3.37. The topological polar surface area (TPSA) is 38.1 Å². The molecule has 0 bridgehead atoms. The molecule has 1 aliphatic heterocycles. The molecule has 1 saturated heterocycles. The molecular weight excluding hydrogens is 310 g/mol. The van der Waals surface area contributed by atoms with Gasteiger partial charge in [0.25, 0.3) is 0 Å². The molecule has 0 aliphatic carbocycles. The van der Waals surface area contributed by atoms with Gasteiger partial charge in [-0.2, -0.15) is 0 Å². The molecule has 1 unspecified atom stereocenters. The molecule has 25 heavy (non-hydrogen) atoms. The Morgan fingerprint density at radius 2 is 1.88 bits per heavy atom. The van der Waals surface area contributed by atoms with Crippen molar-refractivity contribution in [3.8, 4) is 0 Å². The van der Waals surface area contributed by atoms with Crippen LogP contribution in [0.15, 0.2) is 54.6 Å². The monoisotopic (exact) mass is 333 g/mol. The third-order valence-electron chi connectivity index (χ3n) is 5.11. The van der Waals surface area contributed by atoms with E-state index in [0.29, 0.717) is 0 Å². The molecule has 128 valence electrons. The third-order valence-corrected chi connectivity index (χ3v) is 5.11. The predicted octanol–water partition coefficient (Wildman–Crippen LogP) is 3.96. The van der Waals surface area contributed by atoms with Crippen LogP contribution in [0, 0.1) is 0 Å². The van der Waals surface area contributed by atoms with Gasteiger partial charge in [0.2, 0.25) is 5.91 Å². The molecule has 0 N–H and O–H groups in total. The van der Waals surface area contributed by atoms with Crippen molar-refractivity contribution < 1.29 is 4.79 Å². The minimum atomic E-state index is 0.0978. The maximum absolute atomic E-state index is 12.0. The molecule has 1 amide bonds. The lowest BCUT2D eigenvalue weighted by Crippen LogP contribution is -2.30. The second-order valence-corrected chi connectivity index (χ2v) is 6.72. The number of rotatable bonds is 4. The highest BCUT2D eigenvalue weighted by Gasteiger charge is 2.31. The Labute approximate surface area is 148 Å². The average molecular weight is 333 g/mol. The van der Waals surface area contributed by atoms with Crippen molar-refractivity contribution in [1.82, 2.24) is 14.5 Å². The first-order valence-electron chi connectivity index (χ1n) is 9.00. The Balaban J connectivity index is 1.72. The SMILES string of the molecule is CC(=O)N1CCCC1c1nc2ccccc2n1CCc1ccccc1. The number of benzene rings is 2. The number of hydrogen-bond donors (Lipinski definition) is 0. The second-order valence-electron chi connectivity index (χ2n) is 6.72. The fourth-order valence-electron chi connectivity index (χ4n) is 3.88. The van der Waals surface area contributed by atoms with Crippen molar-refractivity contribution in [2.75, 3.05) is 6.54 Å². The zero-order valence-electron chi connectivity index (χ0n) is 14.6. The van der Waals surface area contributed by atoms with Crippen molar-refractivity contribution in [1.29, 1.82) is 0 Å². The summed E-state index contributed by atoms with van der Waals surface area (Å²) in [5, 5.41) is 0. The number of hydrogen-bond acceptors (Lipinski definition) is 2. The van der Waals surface area contributed by atoms with E-state index in [-0.39, 0.29) is 11.9 Å².